The molecule has 0 atom stereocenters. The first-order chi connectivity index (χ1) is 15.8. The van der Waals surface area contributed by atoms with Gasteiger partial charge < -0.3 is 9.47 Å². The lowest BCUT2D eigenvalue weighted by Crippen LogP contribution is -1.99. The number of rotatable bonds is 14. The minimum atomic E-state index is 0.738. The summed E-state index contributed by atoms with van der Waals surface area (Å²) in [6.07, 6.45) is 15.9. The van der Waals surface area contributed by atoms with Gasteiger partial charge in [0.2, 0.25) is 0 Å². The Balaban J connectivity index is 1.45. The van der Waals surface area contributed by atoms with Crippen molar-refractivity contribution in [2.24, 2.45) is 0 Å². The largest absolute Gasteiger partial charge is 0.493 e. The van der Waals surface area contributed by atoms with E-state index in [-0.39, 0.29) is 0 Å². The van der Waals surface area contributed by atoms with Crippen LogP contribution in [-0.4, -0.2) is 18.7 Å². The minimum Gasteiger partial charge on any atom is -0.493 e. The van der Waals surface area contributed by atoms with Crippen molar-refractivity contribution < 1.29 is 9.47 Å². The van der Waals surface area contributed by atoms with Crippen molar-refractivity contribution in [3.63, 3.8) is 0 Å². The fourth-order valence-electron chi connectivity index (χ4n) is 3.86. The zero-order valence-corrected chi connectivity index (χ0v) is 19.7. The maximum Gasteiger partial charge on any atom is 0.161 e. The monoisotopic (exact) mass is 431 g/mol. The van der Waals surface area contributed by atoms with Crippen LogP contribution < -0.4 is 9.47 Å². The summed E-state index contributed by atoms with van der Waals surface area (Å²) in [5.41, 5.74) is 3.01. The average Bonchev–Trinajstić information content (AvgIpc) is 2.84. The van der Waals surface area contributed by atoms with Gasteiger partial charge in [-0.05, 0) is 42.3 Å². The Kier molecular flexibility index (Phi) is 10.1. The number of ether oxygens (including phenoxy) is 2. The molecule has 32 heavy (non-hydrogen) atoms. The second-order valence-electron chi connectivity index (χ2n) is 8.35. The first-order valence-corrected chi connectivity index (χ1v) is 12.1. The lowest BCUT2D eigenvalue weighted by atomic mass is 10.1. The maximum atomic E-state index is 5.99. The molecule has 3 rings (SSSR count). The predicted octanol–water partition coefficient (Wildman–Crippen LogP) is 8.32. The van der Waals surface area contributed by atoms with Crippen LogP contribution in [0.2, 0.25) is 0 Å². The number of pyridine rings is 1. The number of fused-ring (bicyclic) bond motifs is 1. The van der Waals surface area contributed by atoms with Crippen LogP contribution in [0.15, 0.2) is 54.6 Å². The summed E-state index contributed by atoms with van der Waals surface area (Å²) in [7, 11) is 1.69. The number of benzene rings is 2. The van der Waals surface area contributed by atoms with Gasteiger partial charge in [0.1, 0.15) is 0 Å². The van der Waals surface area contributed by atoms with Gasteiger partial charge in [0, 0.05) is 5.39 Å². The molecule has 1 heterocycles. The van der Waals surface area contributed by atoms with E-state index in [1.54, 1.807) is 7.11 Å². The van der Waals surface area contributed by atoms with E-state index >= 15 is 0 Å². The first kappa shape index (κ1) is 23.8. The number of hydrogen-bond donors (Lipinski definition) is 0. The summed E-state index contributed by atoms with van der Waals surface area (Å²) >= 11 is 0. The Labute approximate surface area is 193 Å². The van der Waals surface area contributed by atoms with E-state index in [4.69, 9.17) is 14.5 Å². The summed E-state index contributed by atoms with van der Waals surface area (Å²) in [6.45, 7) is 3.01. The standard InChI is InChI=1S/C29H37NO2/c1-3-4-5-6-7-8-9-10-13-22-32-28-21-17-24(23-29(28)31-2)16-19-26-20-18-25-14-11-12-15-27(25)30-26/h11-12,14-21,23H,3-10,13,22H2,1-2H3. The van der Waals surface area contributed by atoms with Gasteiger partial charge in [-0.1, -0.05) is 94.7 Å². The van der Waals surface area contributed by atoms with Gasteiger partial charge in [-0.15, -0.1) is 0 Å². The van der Waals surface area contributed by atoms with Crippen LogP contribution in [0.1, 0.15) is 76.0 Å². The molecule has 0 aliphatic rings. The fraction of sp³-hybridized carbons (Fsp3) is 0.414. The lowest BCUT2D eigenvalue weighted by Gasteiger charge is -2.11. The van der Waals surface area contributed by atoms with Crippen LogP contribution in [0.25, 0.3) is 23.1 Å². The van der Waals surface area contributed by atoms with E-state index in [2.05, 4.69) is 31.2 Å². The van der Waals surface area contributed by atoms with Gasteiger partial charge in [-0.25, -0.2) is 4.98 Å². The average molecular weight is 432 g/mol. The number of hydrogen-bond acceptors (Lipinski definition) is 3. The van der Waals surface area contributed by atoms with E-state index in [0.717, 1.165) is 46.7 Å². The van der Waals surface area contributed by atoms with E-state index in [1.807, 2.05) is 42.5 Å². The quantitative estimate of drug-likeness (QED) is 0.240. The summed E-state index contributed by atoms with van der Waals surface area (Å²) < 4.78 is 11.6. The SMILES string of the molecule is CCCCCCCCCCCOc1ccc(C=Cc2ccc3ccccc3n2)cc1OC. The van der Waals surface area contributed by atoms with E-state index in [0.29, 0.717) is 0 Å². The topological polar surface area (TPSA) is 31.4 Å². The van der Waals surface area contributed by atoms with Crippen molar-refractivity contribution >= 4 is 23.1 Å². The number of para-hydroxylation sites is 1. The van der Waals surface area contributed by atoms with Crippen molar-refractivity contribution in [2.75, 3.05) is 13.7 Å². The van der Waals surface area contributed by atoms with Crippen molar-refractivity contribution in [2.45, 2.75) is 64.7 Å². The highest BCUT2D eigenvalue weighted by Crippen LogP contribution is 2.29. The Morgan fingerprint density at radius 1 is 0.750 bits per heavy atom. The molecule has 3 aromatic rings. The molecule has 3 nitrogen and oxygen atoms in total. The third-order valence-electron chi connectivity index (χ3n) is 5.76. The molecule has 0 saturated carbocycles. The summed E-state index contributed by atoms with van der Waals surface area (Å²) in [6, 6.07) is 18.4. The molecule has 2 aromatic carbocycles. The smallest absolute Gasteiger partial charge is 0.161 e. The lowest BCUT2D eigenvalue weighted by molar-refractivity contribution is 0.284. The van der Waals surface area contributed by atoms with Gasteiger partial charge in [0.05, 0.1) is 24.9 Å². The molecule has 3 heteroatoms. The Bertz CT molecular complexity index is 980. The zero-order chi connectivity index (χ0) is 22.4. The van der Waals surface area contributed by atoms with Gasteiger partial charge in [-0.2, -0.15) is 0 Å². The number of unbranched alkanes of at least 4 members (excludes halogenated alkanes) is 8. The van der Waals surface area contributed by atoms with Gasteiger partial charge in [0.25, 0.3) is 0 Å². The van der Waals surface area contributed by atoms with Crippen molar-refractivity contribution in [1.29, 1.82) is 0 Å². The third-order valence-corrected chi connectivity index (χ3v) is 5.76. The predicted molar refractivity (Wildman–Crippen MR) is 136 cm³/mol. The third kappa shape index (κ3) is 7.71. The van der Waals surface area contributed by atoms with Crippen LogP contribution in [0, 0.1) is 0 Å². The molecular weight excluding hydrogens is 394 g/mol. The molecule has 170 valence electrons. The second kappa shape index (κ2) is 13.6. The number of aromatic nitrogens is 1. The van der Waals surface area contributed by atoms with E-state index in [9.17, 15) is 0 Å². The molecule has 0 aliphatic carbocycles. The highest BCUT2D eigenvalue weighted by molar-refractivity contribution is 5.80. The molecule has 0 spiro atoms. The molecule has 0 radical (unpaired) electrons. The Morgan fingerprint density at radius 3 is 2.28 bits per heavy atom. The van der Waals surface area contributed by atoms with Gasteiger partial charge >= 0.3 is 0 Å². The maximum absolute atomic E-state index is 5.99. The van der Waals surface area contributed by atoms with Crippen LogP contribution in [0.3, 0.4) is 0 Å². The van der Waals surface area contributed by atoms with Crippen LogP contribution in [0.4, 0.5) is 0 Å². The van der Waals surface area contributed by atoms with Crippen LogP contribution in [-0.2, 0) is 0 Å². The molecule has 0 aliphatic heterocycles. The van der Waals surface area contributed by atoms with Crippen molar-refractivity contribution in [3.8, 4) is 11.5 Å². The van der Waals surface area contributed by atoms with Gasteiger partial charge in [0.15, 0.2) is 11.5 Å². The van der Waals surface area contributed by atoms with E-state index in [1.165, 1.54) is 51.4 Å². The van der Waals surface area contributed by atoms with E-state index < -0.39 is 0 Å². The summed E-state index contributed by atoms with van der Waals surface area (Å²) in [4.78, 5) is 4.70. The number of nitrogens with zero attached hydrogens (tertiary/aromatic N) is 1. The molecule has 0 amide bonds. The second-order valence-corrected chi connectivity index (χ2v) is 8.35. The van der Waals surface area contributed by atoms with Crippen LogP contribution >= 0.6 is 0 Å². The van der Waals surface area contributed by atoms with Crippen molar-refractivity contribution in [3.05, 3.63) is 65.9 Å². The molecule has 0 bridgehead atoms. The minimum absolute atomic E-state index is 0.738. The Hall–Kier alpha value is -2.81. The Morgan fingerprint density at radius 2 is 1.50 bits per heavy atom. The van der Waals surface area contributed by atoms with Crippen LogP contribution in [0.5, 0.6) is 11.5 Å². The molecule has 0 saturated heterocycles. The van der Waals surface area contributed by atoms with Crippen molar-refractivity contribution in [1.82, 2.24) is 4.98 Å². The summed E-state index contributed by atoms with van der Waals surface area (Å²) in [5, 5.41) is 1.15. The fourth-order valence-corrected chi connectivity index (χ4v) is 3.86. The zero-order valence-electron chi connectivity index (χ0n) is 19.7. The summed E-state index contributed by atoms with van der Waals surface area (Å²) in [5.74, 6) is 1.59. The normalized spacial score (nSPS) is 11.3. The molecule has 0 unspecified atom stereocenters. The number of methoxy groups -OCH3 is 1. The molecular formula is C29H37NO2. The highest BCUT2D eigenvalue weighted by Gasteiger charge is 2.05. The first-order valence-electron chi connectivity index (χ1n) is 12.1. The van der Waals surface area contributed by atoms with Gasteiger partial charge in [-0.3, -0.25) is 0 Å². The molecule has 0 fully saturated rings. The highest BCUT2D eigenvalue weighted by atomic mass is 16.5. The molecule has 1 aromatic heterocycles. The molecule has 0 N–H and O–H groups in total.